The molecule has 164 valence electrons. The third kappa shape index (κ3) is 9.79. The molecular formula is C23H38N2O4. The molecule has 6 nitrogen and oxygen atoms in total. The smallest absolute Gasteiger partial charge is 0.410 e. The number of hydrogen-bond acceptors (Lipinski definition) is 5. The highest BCUT2D eigenvalue weighted by Crippen LogP contribution is 2.14. The van der Waals surface area contributed by atoms with Crippen LogP contribution in [0.15, 0.2) is 30.3 Å². The zero-order chi connectivity index (χ0) is 22.0. The number of amides is 1. The number of hydrogen-bond donors (Lipinski definition) is 0. The lowest BCUT2D eigenvalue weighted by molar-refractivity contribution is -0.152. The summed E-state index contributed by atoms with van der Waals surface area (Å²) in [6, 6.07) is 9.41. The number of nitrogens with zero attached hydrogens (tertiary/aromatic N) is 2. The van der Waals surface area contributed by atoms with Crippen molar-refractivity contribution in [2.24, 2.45) is 5.92 Å². The number of carbonyl (C=O) groups excluding carboxylic acids is 2. The predicted octanol–water partition coefficient (Wildman–Crippen LogP) is 4.33. The molecule has 0 saturated carbocycles. The van der Waals surface area contributed by atoms with E-state index in [-0.39, 0.29) is 30.6 Å². The van der Waals surface area contributed by atoms with Gasteiger partial charge in [0.2, 0.25) is 0 Å². The van der Waals surface area contributed by atoms with Crippen molar-refractivity contribution in [3.05, 3.63) is 35.9 Å². The summed E-state index contributed by atoms with van der Waals surface area (Å²) in [5, 5.41) is 0. The molecule has 0 bridgehead atoms. The Labute approximate surface area is 176 Å². The van der Waals surface area contributed by atoms with Crippen molar-refractivity contribution >= 4 is 12.1 Å². The number of ether oxygens (including phenoxy) is 2. The highest BCUT2D eigenvalue weighted by atomic mass is 16.6. The van der Waals surface area contributed by atoms with Gasteiger partial charge in [0.05, 0.1) is 0 Å². The molecule has 0 spiro atoms. The minimum Gasteiger partial charge on any atom is -0.460 e. The Balaban J connectivity index is 2.43. The molecule has 0 aliphatic carbocycles. The lowest BCUT2D eigenvalue weighted by Crippen LogP contribution is -2.44. The molecule has 1 rings (SSSR count). The van der Waals surface area contributed by atoms with Gasteiger partial charge in [-0.25, -0.2) is 4.79 Å². The first-order valence-electron chi connectivity index (χ1n) is 10.4. The largest absolute Gasteiger partial charge is 0.460 e. The standard InChI is InChI=1S/C23H38N2O4/c1-18(2)20(21(26)28-17-19-13-9-8-10-14-19)24(6)15-11-12-16-25(7)22(27)29-23(3,4)5/h8-10,13-14,18,20H,11-12,15-17H2,1-7H3/t20-/m0/s1. The van der Waals surface area contributed by atoms with Crippen LogP contribution in [0, 0.1) is 5.92 Å². The molecule has 0 radical (unpaired) electrons. The fourth-order valence-electron chi connectivity index (χ4n) is 3.06. The molecule has 0 fully saturated rings. The Morgan fingerprint density at radius 2 is 1.59 bits per heavy atom. The fraction of sp³-hybridized carbons (Fsp3) is 0.652. The molecule has 0 aliphatic rings. The van der Waals surface area contributed by atoms with E-state index < -0.39 is 5.60 Å². The van der Waals surface area contributed by atoms with Crippen molar-refractivity contribution < 1.29 is 19.1 Å². The van der Waals surface area contributed by atoms with Crippen LogP contribution in [0.1, 0.15) is 53.0 Å². The summed E-state index contributed by atoms with van der Waals surface area (Å²) in [6.07, 6.45) is 1.40. The molecule has 1 atom stereocenters. The summed E-state index contributed by atoms with van der Waals surface area (Å²) in [4.78, 5) is 28.3. The molecular weight excluding hydrogens is 368 g/mol. The lowest BCUT2D eigenvalue weighted by atomic mass is 10.0. The van der Waals surface area contributed by atoms with Crippen molar-refractivity contribution in [3.63, 3.8) is 0 Å². The molecule has 6 heteroatoms. The number of esters is 1. The first-order valence-corrected chi connectivity index (χ1v) is 10.4. The predicted molar refractivity (Wildman–Crippen MR) is 116 cm³/mol. The number of carbonyl (C=O) groups is 2. The molecule has 1 amide bonds. The lowest BCUT2D eigenvalue weighted by Gasteiger charge is -2.29. The Kier molecular flexibility index (Phi) is 10.2. The van der Waals surface area contributed by atoms with Crippen LogP contribution in [0.25, 0.3) is 0 Å². The molecule has 0 saturated heterocycles. The van der Waals surface area contributed by atoms with E-state index in [0.29, 0.717) is 6.54 Å². The fourth-order valence-corrected chi connectivity index (χ4v) is 3.06. The number of likely N-dealkylation sites (N-methyl/N-ethyl adjacent to an activating group) is 1. The minimum absolute atomic E-state index is 0.146. The summed E-state index contributed by atoms with van der Waals surface area (Å²) in [7, 11) is 3.70. The normalized spacial score (nSPS) is 12.7. The highest BCUT2D eigenvalue weighted by molar-refractivity contribution is 5.76. The van der Waals surface area contributed by atoms with Gasteiger partial charge in [0.15, 0.2) is 0 Å². The first-order chi connectivity index (χ1) is 13.5. The van der Waals surface area contributed by atoms with E-state index in [1.165, 1.54) is 0 Å². The molecule has 0 N–H and O–H groups in total. The maximum Gasteiger partial charge on any atom is 0.410 e. The summed E-state index contributed by atoms with van der Waals surface area (Å²) in [6.45, 7) is 11.3. The van der Waals surface area contributed by atoms with Gasteiger partial charge < -0.3 is 14.4 Å². The van der Waals surface area contributed by atoms with E-state index in [1.807, 2.05) is 76.9 Å². The minimum atomic E-state index is -0.490. The topological polar surface area (TPSA) is 59.1 Å². The van der Waals surface area contributed by atoms with E-state index in [4.69, 9.17) is 9.47 Å². The monoisotopic (exact) mass is 406 g/mol. The third-order valence-corrected chi connectivity index (χ3v) is 4.53. The molecule has 1 aromatic rings. The summed E-state index contributed by atoms with van der Waals surface area (Å²) >= 11 is 0. The van der Waals surface area contributed by atoms with Crippen LogP contribution in [-0.4, -0.2) is 60.7 Å². The average Bonchev–Trinajstić information content (AvgIpc) is 2.62. The van der Waals surface area contributed by atoms with Crippen LogP contribution >= 0.6 is 0 Å². The van der Waals surface area contributed by atoms with Crippen molar-refractivity contribution in [2.75, 3.05) is 27.2 Å². The van der Waals surface area contributed by atoms with E-state index in [2.05, 4.69) is 0 Å². The highest BCUT2D eigenvalue weighted by Gasteiger charge is 2.28. The molecule has 0 aliphatic heterocycles. The molecule has 0 heterocycles. The quantitative estimate of drug-likeness (QED) is 0.427. The van der Waals surface area contributed by atoms with Crippen LogP contribution in [0.3, 0.4) is 0 Å². The molecule has 0 unspecified atom stereocenters. The van der Waals surface area contributed by atoms with E-state index >= 15 is 0 Å². The average molecular weight is 407 g/mol. The van der Waals surface area contributed by atoms with Crippen molar-refractivity contribution in [1.82, 2.24) is 9.80 Å². The van der Waals surface area contributed by atoms with Gasteiger partial charge in [0.1, 0.15) is 18.2 Å². The second-order valence-electron chi connectivity index (χ2n) is 8.87. The van der Waals surface area contributed by atoms with Gasteiger partial charge in [-0.05, 0) is 58.7 Å². The van der Waals surface area contributed by atoms with Crippen molar-refractivity contribution in [2.45, 2.75) is 65.7 Å². The second-order valence-corrected chi connectivity index (χ2v) is 8.87. The zero-order valence-corrected chi connectivity index (χ0v) is 19.1. The van der Waals surface area contributed by atoms with Gasteiger partial charge >= 0.3 is 12.1 Å². The van der Waals surface area contributed by atoms with Gasteiger partial charge in [-0.15, -0.1) is 0 Å². The maximum absolute atomic E-state index is 12.6. The van der Waals surface area contributed by atoms with Gasteiger partial charge in [-0.1, -0.05) is 44.2 Å². The first kappa shape index (κ1) is 25.0. The van der Waals surface area contributed by atoms with Gasteiger partial charge in [-0.2, -0.15) is 0 Å². The van der Waals surface area contributed by atoms with Crippen LogP contribution in [0.5, 0.6) is 0 Å². The van der Waals surface area contributed by atoms with E-state index in [0.717, 1.165) is 24.9 Å². The van der Waals surface area contributed by atoms with Gasteiger partial charge in [0, 0.05) is 13.6 Å². The SMILES string of the molecule is CC(C)[C@@H](C(=O)OCc1ccccc1)N(C)CCCCN(C)C(=O)OC(C)(C)C. The van der Waals surface area contributed by atoms with Crippen LogP contribution < -0.4 is 0 Å². The molecule has 0 aromatic heterocycles. The summed E-state index contributed by atoms with van der Waals surface area (Å²) in [5.41, 5.74) is 0.493. The van der Waals surface area contributed by atoms with Gasteiger partial charge in [0.25, 0.3) is 0 Å². The Bertz CT molecular complexity index is 626. The Morgan fingerprint density at radius 1 is 1.00 bits per heavy atom. The number of unbranched alkanes of at least 4 members (excludes halogenated alkanes) is 1. The Morgan fingerprint density at radius 3 is 2.14 bits per heavy atom. The van der Waals surface area contributed by atoms with E-state index in [9.17, 15) is 9.59 Å². The maximum atomic E-state index is 12.6. The van der Waals surface area contributed by atoms with Crippen molar-refractivity contribution in [1.29, 1.82) is 0 Å². The van der Waals surface area contributed by atoms with Crippen LogP contribution in [0.4, 0.5) is 4.79 Å². The van der Waals surface area contributed by atoms with Crippen LogP contribution in [0.2, 0.25) is 0 Å². The van der Waals surface area contributed by atoms with E-state index in [1.54, 1.807) is 11.9 Å². The zero-order valence-electron chi connectivity index (χ0n) is 19.1. The third-order valence-electron chi connectivity index (χ3n) is 4.53. The Hall–Kier alpha value is -2.08. The van der Waals surface area contributed by atoms with Gasteiger partial charge in [-0.3, -0.25) is 9.69 Å². The number of rotatable bonds is 10. The van der Waals surface area contributed by atoms with Crippen LogP contribution in [-0.2, 0) is 20.9 Å². The second kappa shape index (κ2) is 11.8. The summed E-state index contributed by atoms with van der Waals surface area (Å²) < 4.78 is 10.9. The molecule has 1 aromatic carbocycles. The number of benzene rings is 1. The summed E-state index contributed by atoms with van der Waals surface area (Å²) in [5.74, 6) is -0.0510. The molecule has 29 heavy (non-hydrogen) atoms. The van der Waals surface area contributed by atoms with Crippen molar-refractivity contribution in [3.8, 4) is 0 Å².